The zero-order valence-electron chi connectivity index (χ0n) is 24.7. The molecular formula is C32H39N9O2. The molecule has 3 aromatic rings. The van der Waals surface area contributed by atoms with E-state index in [1.165, 1.54) is 18.4 Å². The molecule has 1 spiro atoms. The van der Waals surface area contributed by atoms with Gasteiger partial charge in [0.25, 0.3) is 0 Å². The Morgan fingerprint density at radius 3 is 2.49 bits per heavy atom. The van der Waals surface area contributed by atoms with Gasteiger partial charge in [-0.15, -0.1) is 0 Å². The van der Waals surface area contributed by atoms with Gasteiger partial charge in [-0.2, -0.15) is 5.10 Å². The van der Waals surface area contributed by atoms with E-state index in [1.54, 1.807) is 11.0 Å². The Morgan fingerprint density at radius 1 is 0.977 bits per heavy atom. The Hall–Kier alpha value is -3.96. The third-order valence-corrected chi connectivity index (χ3v) is 10.2. The van der Waals surface area contributed by atoms with E-state index in [9.17, 15) is 9.59 Å². The van der Waals surface area contributed by atoms with Crippen molar-refractivity contribution >= 4 is 28.9 Å². The highest BCUT2D eigenvalue weighted by Crippen LogP contribution is 2.48. The van der Waals surface area contributed by atoms with Crippen molar-refractivity contribution in [3.05, 3.63) is 54.4 Å². The van der Waals surface area contributed by atoms with Crippen LogP contribution in [0.25, 0.3) is 11.4 Å². The monoisotopic (exact) mass is 581 g/mol. The summed E-state index contributed by atoms with van der Waals surface area (Å²) < 4.78 is 1.70. The molecule has 1 aliphatic carbocycles. The number of aromatic nitrogens is 3. The largest absolute Gasteiger partial charge is 0.368 e. The van der Waals surface area contributed by atoms with Crippen LogP contribution < -0.4 is 20.7 Å². The first-order chi connectivity index (χ1) is 21.0. The summed E-state index contributed by atoms with van der Waals surface area (Å²) in [6, 6.07) is 15.1. The van der Waals surface area contributed by atoms with Gasteiger partial charge in [-0.05, 0) is 86.2 Å². The topological polar surface area (TPSA) is 102 Å². The lowest BCUT2D eigenvalue weighted by atomic mass is 9.85. The predicted molar refractivity (Wildman–Crippen MR) is 164 cm³/mol. The number of rotatable bonds is 6. The molecule has 3 saturated heterocycles. The Balaban J connectivity index is 0.850. The Labute approximate surface area is 251 Å². The number of likely N-dealkylation sites (tertiary alicyclic amines) is 1. The maximum atomic E-state index is 13.8. The number of benzene rings is 2. The standard InChI is InChI=1S/C32H39N9O2/c1-37-21-33-30(36-37)23-4-6-24(7-5-23)39-14-16-40(17-15-39)28(42)19-38-12-10-32(20-38)11-13-41(31(32)43)25-8-9-27-26(18-25)29(35-34-27)22-2-3-22/h4-9,18,21-22,29,34-35H,2-3,10-17,19-20H2,1H3/t29?,32-/m0/s1. The second-order valence-corrected chi connectivity index (χ2v) is 13.0. The van der Waals surface area contributed by atoms with E-state index >= 15 is 0 Å². The number of carbonyl (C=O) groups excluding carboxylic acids is 2. The highest BCUT2D eigenvalue weighted by atomic mass is 16.2. The Morgan fingerprint density at radius 2 is 1.74 bits per heavy atom. The van der Waals surface area contributed by atoms with E-state index in [0.29, 0.717) is 38.1 Å². The van der Waals surface area contributed by atoms with E-state index in [4.69, 9.17) is 0 Å². The predicted octanol–water partition coefficient (Wildman–Crippen LogP) is 2.64. The molecule has 2 N–H and O–H groups in total. The van der Waals surface area contributed by atoms with Crippen LogP contribution in [0.2, 0.25) is 0 Å². The van der Waals surface area contributed by atoms with Crippen LogP contribution in [0, 0.1) is 11.3 Å². The Kier molecular flexibility index (Phi) is 6.41. The van der Waals surface area contributed by atoms with Crippen molar-refractivity contribution in [1.29, 1.82) is 0 Å². The van der Waals surface area contributed by atoms with E-state index in [0.717, 1.165) is 67.5 Å². The molecule has 11 heteroatoms. The van der Waals surface area contributed by atoms with Gasteiger partial charge in [0.2, 0.25) is 11.8 Å². The smallest absolute Gasteiger partial charge is 0.236 e. The van der Waals surface area contributed by atoms with E-state index in [2.05, 4.69) is 73.2 Å². The third-order valence-electron chi connectivity index (χ3n) is 10.2. The number of hydrogen-bond acceptors (Lipinski definition) is 8. The first-order valence-electron chi connectivity index (χ1n) is 15.6. The fourth-order valence-corrected chi connectivity index (χ4v) is 7.46. The minimum absolute atomic E-state index is 0.167. The zero-order valence-corrected chi connectivity index (χ0v) is 24.7. The summed E-state index contributed by atoms with van der Waals surface area (Å²) in [6.45, 7) is 5.62. The van der Waals surface area contributed by atoms with Gasteiger partial charge in [0.15, 0.2) is 5.82 Å². The van der Waals surface area contributed by atoms with Crippen LogP contribution in [0.15, 0.2) is 48.8 Å². The van der Waals surface area contributed by atoms with Crippen molar-refractivity contribution in [3.8, 4) is 11.4 Å². The zero-order chi connectivity index (χ0) is 29.1. The number of nitrogens with zero attached hydrogens (tertiary/aromatic N) is 7. The maximum absolute atomic E-state index is 13.8. The number of fused-ring (bicyclic) bond motifs is 1. The number of nitrogens with one attached hydrogen (secondary N) is 2. The van der Waals surface area contributed by atoms with Gasteiger partial charge in [-0.25, -0.2) is 10.4 Å². The summed E-state index contributed by atoms with van der Waals surface area (Å²) in [6.07, 6.45) is 5.91. The normalized spacial score (nSPS) is 25.6. The summed E-state index contributed by atoms with van der Waals surface area (Å²) in [5.41, 5.74) is 11.9. The van der Waals surface area contributed by atoms with Gasteiger partial charge < -0.3 is 20.1 Å². The first kappa shape index (κ1) is 26.7. The van der Waals surface area contributed by atoms with Crippen LogP contribution in [0.3, 0.4) is 0 Å². The number of aryl methyl sites for hydroxylation is 1. The number of piperazine rings is 1. The van der Waals surface area contributed by atoms with Gasteiger partial charge in [0.05, 0.1) is 23.7 Å². The summed E-state index contributed by atoms with van der Waals surface area (Å²) in [4.78, 5) is 40.0. The number of hydrazine groups is 1. The number of amides is 2. The molecule has 5 aliphatic rings. The van der Waals surface area contributed by atoms with Crippen LogP contribution in [0.4, 0.5) is 17.1 Å². The van der Waals surface area contributed by atoms with Crippen LogP contribution in [0.1, 0.15) is 37.3 Å². The van der Waals surface area contributed by atoms with Crippen LogP contribution in [-0.4, -0.2) is 88.7 Å². The van der Waals surface area contributed by atoms with Crippen molar-refractivity contribution in [2.24, 2.45) is 18.4 Å². The molecule has 8 rings (SSSR count). The molecule has 4 fully saturated rings. The minimum Gasteiger partial charge on any atom is -0.368 e. The van der Waals surface area contributed by atoms with Crippen molar-refractivity contribution in [2.75, 3.05) is 67.6 Å². The van der Waals surface area contributed by atoms with E-state index in [1.807, 2.05) is 16.8 Å². The molecule has 4 aliphatic heterocycles. The van der Waals surface area contributed by atoms with Gasteiger partial charge in [-0.3, -0.25) is 19.2 Å². The van der Waals surface area contributed by atoms with Gasteiger partial charge in [0.1, 0.15) is 6.33 Å². The average Bonchev–Trinajstić information content (AvgIpc) is 3.31. The van der Waals surface area contributed by atoms with Gasteiger partial charge in [-0.1, -0.05) is 0 Å². The molecule has 224 valence electrons. The second-order valence-electron chi connectivity index (χ2n) is 13.0. The quantitative estimate of drug-likeness (QED) is 0.458. The first-order valence-corrected chi connectivity index (χ1v) is 15.6. The van der Waals surface area contributed by atoms with Crippen LogP contribution in [-0.2, 0) is 16.6 Å². The van der Waals surface area contributed by atoms with E-state index in [-0.39, 0.29) is 17.2 Å². The number of hydrogen-bond donors (Lipinski definition) is 2. The van der Waals surface area contributed by atoms with Crippen molar-refractivity contribution in [2.45, 2.75) is 31.7 Å². The van der Waals surface area contributed by atoms with Gasteiger partial charge in [0, 0.05) is 63.3 Å². The molecule has 0 radical (unpaired) electrons. The van der Waals surface area contributed by atoms with Crippen LogP contribution in [0.5, 0.6) is 0 Å². The molecule has 11 nitrogen and oxygen atoms in total. The molecule has 43 heavy (non-hydrogen) atoms. The summed E-state index contributed by atoms with van der Waals surface area (Å²) >= 11 is 0. The number of anilines is 3. The van der Waals surface area contributed by atoms with Crippen molar-refractivity contribution < 1.29 is 9.59 Å². The molecule has 2 atom stereocenters. The fraction of sp³-hybridized carbons (Fsp3) is 0.500. The maximum Gasteiger partial charge on any atom is 0.236 e. The average molecular weight is 582 g/mol. The molecule has 5 heterocycles. The molecule has 2 aromatic carbocycles. The Bertz CT molecular complexity index is 1540. The molecule has 1 unspecified atom stereocenters. The fourth-order valence-electron chi connectivity index (χ4n) is 7.46. The lowest BCUT2D eigenvalue weighted by Gasteiger charge is -2.37. The van der Waals surface area contributed by atoms with Crippen molar-refractivity contribution in [1.82, 2.24) is 30.0 Å². The minimum atomic E-state index is -0.374. The van der Waals surface area contributed by atoms with E-state index < -0.39 is 0 Å². The summed E-state index contributed by atoms with van der Waals surface area (Å²) in [5.74, 6) is 1.80. The highest BCUT2D eigenvalue weighted by Gasteiger charge is 2.51. The lowest BCUT2D eigenvalue weighted by molar-refractivity contribution is -0.133. The molecular weight excluding hydrogens is 542 g/mol. The lowest BCUT2D eigenvalue weighted by Crippen LogP contribution is -2.51. The van der Waals surface area contributed by atoms with Crippen molar-refractivity contribution in [3.63, 3.8) is 0 Å². The molecule has 0 bridgehead atoms. The molecule has 1 saturated carbocycles. The third kappa shape index (κ3) is 4.84. The molecule has 1 aromatic heterocycles. The highest BCUT2D eigenvalue weighted by molar-refractivity contribution is 6.00. The number of carbonyl (C=O) groups is 2. The van der Waals surface area contributed by atoms with Crippen LogP contribution >= 0.6 is 0 Å². The summed E-state index contributed by atoms with van der Waals surface area (Å²) in [7, 11) is 1.87. The summed E-state index contributed by atoms with van der Waals surface area (Å²) in [5, 5.41) is 4.38. The molecule has 2 amide bonds. The second kappa shape index (κ2) is 10.3. The van der Waals surface area contributed by atoms with Gasteiger partial charge >= 0.3 is 0 Å². The SMILES string of the molecule is Cn1cnc(-c2ccc(N3CCN(C(=O)CN4CC[C@]5(CCN(c6ccc7c(c6)C(C6CC6)NN7)C5=O)C4)CC3)cc2)n1.